The van der Waals surface area contributed by atoms with Crippen LogP contribution in [-0.2, 0) is 22.1 Å². The highest BCUT2D eigenvalue weighted by Gasteiger charge is 2.24. The summed E-state index contributed by atoms with van der Waals surface area (Å²) < 4.78 is 20.6. The van der Waals surface area contributed by atoms with Gasteiger partial charge in [-0.25, -0.2) is 14.1 Å². The zero-order chi connectivity index (χ0) is 22.2. The summed E-state index contributed by atoms with van der Waals surface area (Å²) in [5.74, 6) is -1.24. The molecule has 4 aromatic rings. The second-order valence-electron chi connectivity index (χ2n) is 7.59. The van der Waals surface area contributed by atoms with Crippen LogP contribution >= 0.6 is 12.0 Å². The average Bonchev–Trinajstić information content (AvgIpc) is 3.20. The highest BCUT2D eigenvalue weighted by molar-refractivity contribution is 7.94. The Balaban J connectivity index is 1.53. The van der Waals surface area contributed by atoms with Crippen LogP contribution in [0.2, 0.25) is 0 Å². The number of aromatic nitrogens is 1. The maximum Gasteiger partial charge on any atom is 0.335 e. The molecule has 3 aromatic carbocycles. The standard InChI is InChI=1S/C25H20FNO4S/c1-2-30-31-32-17-7-3-14(4-8-17)18-11-12-21-20-10-5-15-13-16(25(28)29)6-9-19(15)23(20)27-24(21)22(18)26/h3-4,6-9,11-13,27H,2,5,10H2,1H3,(H,28,29). The van der Waals surface area contributed by atoms with Crippen LogP contribution in [-0.4, -0.2) is 22.7 Å². The predicted molar refractivity (Wildman–Crippen MR) is 122 cm³/mol. The Kier molecular flexibility index (Phi) is 5.46. The average molecular weight is 450 g/mol. The lowest BCUT2D eigenvalue weighted by Crippen LogP contribution is -2.05. The second-order valence-corrected chi connectivity index (χ2v) is 8.36. The number of carbonyl (C=O) groups is 1. The van der Waals surface area contributed by atoms with Crippen LogP contribution in [0.15, 0.2) is 59.5 Å². The van der Waals surface area contributed by atoms with Gasteiger partial charge >= 0.3 is 5.97 Å². The van der Waals surface area contributed by atoms with Crippen molar-refractivity contribution in [3.63, 3.8) is 0 Å². The third-order valence-corrected chi connectivity index (χ3v) is 6.38. The molecule has 5 rings (SSSR count). The molecule has 1 heterocycles. The molecule has 0 spiro atoms. The van der Waals surface area contributed by atoms with Gasteiger partial charge in [0.1, 0.15) is 0 Å². The van der Waals surface area contributed by atoms with E-state index in [0.29, 0.717) is 17.7 Å². The van der Waals surface area contributed by atoms with E-state index in [2.05, 4.69) is 4.98 Å². The number of aryl methyl sites for hydroxylation is 2. The number of H-pyrrole nitrogens is 1. The minimum atomic E-state index is -0.945. The number of carboxylic acids is 1. The van der Waals surface area contributed by atoms with Gasteiger partial charge in [-0.15, -0.1) is 0 Å². The van der Waals surface area contributed by atoms with Crippen molar-refractivity contribution in [3.8, 4) is 22.4 Å². The van der Waals surface area contributed by atoms with Crippen molar-refractivity contribution in [3.05, 3.63) is 77.1 Å². The van der Waals surface area contributed by atoms with Crippen LogP contribution in [0, 0.1) is 5.82 Å². The lowest BCUT2D eigenvalue weighted by Gasteiger charge is -2.17. The molecule has 0 fully saturated rings. The molecular formula is C25H20FNO4S. The van der Waals surface area contributed by atoms with Gasteiger partial charge in [-0.2, -0.15) is 4.33 Å². The minimum absolute atomic E-state index is 0.269. The number of rotatable bonds is 6. The lowest BCUT2D eigenvalue weighted by atomic mass is 9.88. The SMILES string of the molecule is CCOOSc1ccc(-c2ccc3c4c([nH]c3c2F)-c2ccc(C(=O)O)cc2CC4)cc1. The molecule has 0 unspecified atom stereocenters. The summed E-state index contributed by atoms with van der Waals surface area (Å²) in [4.78, 5) is 20.3. The van der Waals surface area contributed by atoms with E-state index < -0.39 is 5.97 Å². The fourth-order valence-electron chi connectivity index (χ4n) is 4.24. The first kappa shape index (κ1) is 20.8. The zero-order valence-electron chi connectivity index (χ0n) is 17.3. The van der Waals surface area contributed by atoms with Crippen LogP contribution in [0.5, 0.6) is 0 Å². The van der Waals surface area contributed by atoms with Gasteiger partial charge in [0.05, 0.1) is 35.4 Å². The van der Waals surface area contributed by atoms with Gasteiger partial charge in [0, 0.05) is 21.4 Å². The molecule has 0 saturated heterocycles. The van der Waals surface area contributed by atoms with E-state index in [-0.39, 0.29) is 11.4 Å². The van der Waals surface area contributed by atoms with Gasteiger partial charge in [-0.3, -0.25) is 0 Å². The summed E-state index contributed by atoms with van der Waals surface area (Å²) >= 11 is 1.11. The van der Waals surface area contributed by atoms with Gasteiger partial charge in [-0.05, 0) is 60.7 Å². The number of hydrogen-bond donors (Lipinski definition) is 2. The summed E-state index contributed by atoms with van der Waals surface area (Å²) in [5.41, 5.74) is 5.86. The van der Waals surface area contributed by atoms with Crippen molar-refractivity contribution in [2.75, 3.05) is 6.61 Å². The molecule has 0 saturated carbocycles. The number of halogens is 1. The molecule has 0 aliphatic heterocycles. The Morgan fingerprint density at radius 1 is 1.09 bits per heavy atom. The fraction of sp³-hybridized carbons (Fsp3) is 0.160. The van der Waals surface area contributed by atoms with E-state index in [9.17, 15) is 9.90 Å². The second kappa shape index (κ2) is 8.43. The lowest BCUT2D eigenvalue weighted by molar-refractivity contribution is -0.185. The highest BCUT2D eigenvalue weighted by Crippen LogP contribution is 2.40. The Bertz CT molecular complexity index is 1330. The Morgan fingerprint density at radius 3 is 2.62 bits per heavy atom. The van der Waals surface area contributed by atoms with E-state index in [4.69, 9.17) is 9.22 Å². The number of fused-ring (bicyclic) bond motifs is 5. The maximum atomic E-state index is 15.6. The third kappa shape index (κ3) is 3.58. The molecule has 0 bridgehead atoms. The molecule has 7 heteroatoms. The van der Waals surface area contributed by atoms with Crippen molar-refractivity contribution in [1.29, 1.82) is 0 Å². The van der Waals surface area contributed by atoms with Gasteiger partial charge in [0.25, 0.3) is 0 Å². The first-order valence-electron chi connectivity index (χ1n) is 10.3. The zero-order valence-corrected chi connectivity index (χ0v) is 18.1. The Labute approximate surface area is 188 Å². The first-order chi connectivity index (χ1) is 15.6. The van der Waals surface area contributed by atoms with E-state index >= 15 is 4.39 Å². The molecule has 1 aromatic heterocycles. The largest absolute Gasteiger partial charge is 0.478 e. The predicted octanol–water partition coefficient (Wildman–Crippen LogP) is 6.41. The fourth-order valence-corrected chi connectivity index (χ4v) is 4.71. The van der Waals surface area contributed by atoms with Gasteiger partial charge in [-0.1, -0.05) is 30.3 Å². The summed E-state index contributed by atoms with van der Waals surface area (Å²) in [6, 6.07) is 16.3. The third-order valence-electron chi connectivity index (χ3n) is 5.75. The van der Waals surface area contributed by atoms with Crippen LogP contribution in [0.3, 0.4) is 0 Å². The highest BCUT2D eigenvalue weighted by atomic mass is 32.2. The molecule has 32 heavy (non-hydrogen) atoms. The molecular weight excluding hydrogens is 429 g/mol. The summed E-state index contributed by atoms with van der Waals surface area (Å²) in [5, 5.41) is 10.1. The molecule has 0 amide bonds. The van der Waals surface area contributed by atoms with Crippen molar-refractivity contribution in [2.45, 2.75) is 24.7 Å². The quantitative estimate of drug-likeness (QED) is 0.154. The number of benzene rings is 3. The molecule has 1 aliphatic carbocycles. The smallest absolute Gasteiger partial charge is 0.335 e. The van der Waals surface area contributed by atoms with Crippen molar-refractivity contribution in [2.24, 2.45) is 0 Å². The summed E-state index contributed by atoms with van der Waals surface area (Å²) in [7, 11) is 0. The molecule has 0 radical (unpaired) electrons. The van der Waals surface area contributed by atoms with Crippen molar-refractivity contribution in [1.82, 2.24) is 4.98 Å². The normalized spacial score (nSPS) is 12.6. The number of hydrogen-bond acceptors (Lipinski definition) is 4. The van der Waals surface area contributed by atoms with Crippen molar-refractivity contribution >= 4 is 28.9 Å². The Morgan fingerprint density at radius 2 is 1.88 bits per heavy atom. The van der Waals surface area contributed by atoms with Crippen molar-refractivity contribution < 1.29 is 23.5 Å². The molecule has 2 N–H and O–H groups in total. The van der Waals surface area contributed by atoms with Crippen LogP contribution in [0.1, 0.15) is 28.4 Å². The number of aromatic carboxylic acids is 1. The topological polar surface area (TPSA) is 71.5 Å². The summed E-state index contributed by atoms with van der Waals surface area (Å²) in [6.07, 6.45) is 1.46. The number of aromatic amines is 1. The summed E-state index contributed by atoms with van der Waals surface area (Å²) in [6.45, 7) is 2.30. The monoisotopic (exact) mass is 449 g/mol. The molecule has 5 nitrogen and oxygen atoms in total. The first-order valence-corrected chi connectivity index (χ1v) is 11.1. The van der Waals surface area contributed by atoms with Crippen LogP contribution in [0.25, 0.3) is 33.3 Å². The van der Waals surface area contributed by atoms with E-state index in [1.165, 1.54) is 0 Å². The van der Waals surface area contributed by atoms with E-state index in [1.807, 2.05) is 49.4 Å². The molecule has 162 valence electrons. The van der Waals surface area contributed by atoms with Gasteiger partial charge in [0.2, 0.25) is 0 Å². The van der Waals surface area contributed by atoms with E-state index in [0.717, 1.165) is 63.1 Å². The minimum Gasteiger partial charge on any atom is -0.478 e. The molecule has 1 aliphatic rings. The van der Waals surface area contributed by atoms with Gasteiger partial charge < -0.3 is 10.1 Å². The van der Waals surface area contributed by atoms with E-state index in [1.54, 1.807) is 12.1 Å². The molecule has 0 atom stereocenters. The van der Waals surface area contributed by atoms with Crippen LogP contribution < -0.4 is 0 Å². The maximum absolute atomic E-state index is 15.6. The Hall–Kier alpha value is -3.13. The number of carboxylic acid groups (broad SMARTS) is 1. The van der Waals surface area contributed by atoms with Gasteiger partial charge in [0.15, 0.2) is 5.82 Å². The van der Waals surface area contributed by atoms with Crippen LogP contribution in [0.4, 0.5) is 4.39 Å². The number of nitrogens with one attached hydrogen (secondary N) is 1.